The molecule has 3 heteroatoms. The number of piperidine rings is 1. The molecule has 1 aromatic carbocycles. The predicted molar refractivity (Wildman–Crippen MR) is 79.1 cm³/mol. The number of aryl methyl sites for hydroxylation is 2. The van der Waals surface area contributed by atoms with Gasteiger partial charge in [0, 0.05) is 30.6 Å². The monoisotopic (exact) mass is 258 g/mol. The summed E-state index contributed by atoms with van der Waals surface area (Å²) in [6.07, 6.45) is 2.54. The highest BCUT2D eigenvalue weighted by Gasteiger charge is 2.21. The molecule has 0 saturated carbocycles. The van der Waals surface area contributed by atoms with Crippen LogP contribution in [0.5, 0.6) is 5.75 Å². The van der Waals surface area contributed by atoms with Gasteiger partial charge in [-0.2, -0.15) is 0 Å². The average Bonchev–Trinajstić information content (AvgIpc) is 2.80. The van der Waals surface area contributed by atoms with Gasteiger partial charge in [0.15, 0.2) is 0 Å². The lowest BCUT2D eigenvalue weighted by atomic mass is 9.96. The highest BCUT2D eigenvalue weighted by molar-refractivity contribution is 5.90. The molecule has 1 N–H and O–H groups in total. The summed E-state index contributed by atoms with van der Waals surface area (Å²) in [5, 5.41) is 4.83. The molecule has 0 radical (unpaired) electrons. The maximum absolute atomic E-state index is 5.53. The van der Waals surface area contributed by atoms with Crippen molar-refractivity contribution in [2.45, 2.75) is 25.7 Å². The maximum Gasteiger partial charge on any atom is 0.143 e. The molecule has 0 aliphatic carbocycles. The SMILES string of the molecule is COc1ccc(C)c2cc(C3CCCNC3)n(C)c12. The Morgan fingerprint density at radius 2 is 2.21 bits per heavy atom. The van der Waals surface area contributed by atoms with Gasteiger partial charge in [0.25, 0.3) is 0 Å². The van der Waals surface area contributed by atoms with Crippen molar-refractivity contribution in [3.8, 4) is 5.75 Å². The summed E-state index contributed by atoms with van der Waals surface area (Å²) in [5.41, 5.74) is 3.97. The van der Waals surface area contributed by atoms with Crippen LogP contribution in [0.4, 0.5) is 0 Å². The molecule has 0 amide bonds. The van der Waals surface area contributed by atoms with E-state index in [0.717, 1.165) is 18.8 Å². The molecule has 3 nitrogen and oxygen atoms in total. The number of aromatic nitrogens is 1. The summed E-state index contributed by atoms with van der Waals surface area (Å²) in [6.45, 7) is 4.42. The Labute approximate surface area is 114 Å². The van der Waals surface area contributed by atoms with E-state index in [-0.39, 0.29) is 0 Å². The molecular formula is C16H22N2O. The summed E-state index contributed by atoms with van der Waals surface area (Å²) in [6, 6.07) is 6.56. The van der Waals surface area contributed by atoms with Gasteiger partial charge >= 0.3 is 0 Å². The molecule has 2 aromatic rings. The van der Waals surface area contributed by atoms with E-state index >= 15 is 0 Å². The number of ether oxygens (including phenoxy) is 1. The van der Waals surface area contributed by atoms with Crippen molar-refractivity contribution in [2.24, 2.45) is 7.05 Å². The molecule has 19 heavy (non-hydrogen) atoms. The molecule has 2 heterocycles. The first kappa shape index (κ1) is 12.5. The van der Waals surface area contributed by atoms with E-state index in [2.05, 4.69) is 42.1 Å². The molecule has 1 fully saturated rings. The van der Waals surface area contributed by atoms with Crippen LogP contribution in [0.1, 0.15) is 30.0 Å². The van der Waals surface area contributed by atoms with Gasteiger partial charge in [-0.1, -0.05) is 6.07 Å². The van der Waals surface area contributed by atoms with Crippen LogP contribution in [-0.2, 0) is 7.05 Å². The highest BCUT2D eigenvalue weighted by atomic mass is 16.5. The van der Waals surface area contributed by atoms with Gasteiger partial charge in [-0.05, 0) is 44.0 Å². The van der Waals surface area contributed by atoms with Crippen LogP contribution >= 0.6 is 0 Å². The first-order valence-electron chi connectivity index (χ1n) is 7.06. The van der Waals surface area contributed by atoms with Crippen LogP contribution in [0.15, 0.2) is 18.2 Å². The summed E-state index contributed by atoms with van der Waals surface area (Å²) in [7, 11) is 3.91. The number of nitrogens with zero attached hydrogens (tertiary/aromatic N) is 1. The Morgan fingerprint density at radius 1 is 1.37 bits per heavy atom. The lowest BCUT2D eigenvalue weighted by molar-refractivity contribution is 0.416. The summed E-state index contributed by atoms with van der Waals surface area (Å²) >= 11 is 0. The van der Waals surface area contributed by atoms with Crippen molar-refractivity contribution >= 4 is 10.9 Å². The third-order valence-electron chi connectivity index (χ3n) is 4.35. The van der Waals surface area contributed by atoms with Crippen LogP contribution in [-0.4, -0.2) is 24.8 Å². The van der Waals surface area contributed by atoms with Gasteiger partial charge in [0.2, 0.25) is 0 Å². The Bertz CT molecular complexity index is 594. The minimum atomic E-state index is 0.621. The van der Waals surface area contributed by atoms with Crippen LogP contribution in [0, 0.1) is 6.92 Å². The molecule has 1 aliphatic rings. The van der Waals surface area contributed by atoms with E-state index in [4.69, 9.17) is 4.74 Å². The highest BCUT2D eigenvalue weighted by Crippen LogP contribution is 2.34. The fourth-order valence-electron chi connectivity index (χ4n) is 3.25. The van der Waals surface area contributed by atoms with Crippen molar-refractivity contribution in [3.63, 3.8) is 0 Å². The van der Waals surface area contributed by atoms with Crippen LogP contribution in [0.25, 0.3) is 10.9 Å². The zero-order valence-corrected chi connectivity index (χ0v) is 12.0. The van der Waals surface area contributed by atoms with Crippen molar-refractivity contribution in [1.29, 1.82) is 0 Å². The topological polar surface area (TPSA) is 26.2 Å². The van der Waals surface area contributed by atoms with Gasteiger partial charge in [-0.25, -0.2) is 0 Å². The first-order valence-corrected chi connectivity index (χ1v) is 7.06. The molecule has 3 rings (SSSR count). The second-order valence-corrected chi connectivity index (χ2v) is 5.52. The quantitative estimate of drug-likeness (QED) is 0.896. The second-order valence-electron chi connectivity index (χ2n) is 5.52. The fourth-order valence-corrected chi connectivity index (χ4v) is 3.25. The van der Waals surface area contributed by atoms with E-state index in [9.17, 15) is 0 Å². The molecule has 0 spiro atoms. The van der Waals surface area contributed by atoms with Gasteiger partial charge in [0.1, 0.15) is 5.75 Å². The van der Waals surface area contributed by atoms with Crippen molar-refractivity contribution in [2.75, 3.05) is 20.2 Å². The number of nitrogens with one attached hydrogen (secondary N) is 1. The van der Waals surface area contributed by atoms with Gasteiger partial charge in [0.05, 0.1) is 12.6 Å². The Kier molecular flexibility index (Phi) is 3.23. The van der Waals surface area contributed by atoms with Crippen molar-refractivity contribution in [3.05, 3.63) is 29.5 Å². The zero-order valence-electron chi connectivity index (χ0n) is 12.0. The van der Waals surface area contributed by atoms with E-state index < -0.39 is 0 Å². The predicted octanol–water partition coefficient (Wildman–Crippen LogP) is 2.96. The number of benzene rings is 1. The minimum Gasteiger partial charge on any atom is -0.495 e. The van der Waals surface area contributed by atoms with Crippen molar-refractivity contribution < 1.29 is 4.74 Å². The molecule has 1 saturated heterocycles. The molecule has 1 aliphatic heterocycles. The summed E-state index contributed by atoms with van der Waals surface area (Å²) in [4.78, 5) is 0. The lowest BCUT2D eigenvalue weighted by Crippen LogP contribution is -2.29. The van der Waals surface area contributed by atoms with Crippen LogP contribution in [0.2, 0.25) is 0 Å². The fraction of sp³-hybridized carbons (Fsp3) is 0.500. The lowest BCUT2D eigenvalue weighted by Gasteiger charge is -2.23. The number of hydrogen-bond donors (Lipinski definition) is 1. The Balaban J connectivity index is 2.16. The number of methoxy groups -OCH3 is 1. The molecule has 1 unspecified atom stereocenters. The minimum absolute atomic E-state index is 0.621. The van der Waals surface area contributed by atoms with E-state index in [1.165, 1.54) is 35.0 Å². The van der Waals surface area contributed by atoms with Crippen LogP contribution in [0.3, 0.4) is 0 Å². The van der Waals surface area contributed by atoms with E-state index in [1.807, 2.05) is 0 Å². The zero-order chi connectivity index (χ0) is 13.4. The normalized spacial score (nSPS) is 19.8. The molecule has 1 aromatic heterocycles. The van der Waals surface area contributed by atoms with Gasteiger partial charge < -0.3 is 14.6 Å². The summed E-state index contributed by atoms with van der Waals surface area (Å²) < 4.78 is 7.85. The standard InChI is InChI=1S/C16H22N2O/c1-11-6-7-15(19-3)16-13(11)9-14(18(16)2)12-5-4-8-17-10-12/h6-7,9,12,17H,4-5,8,10H2,1-3H3. The number of fused-ring (bicyclic) bond motifs is 1. The number of hydrogen-bond acceptors (Lipinski definition) is 2. The van der Waals surface area contributed by atoms with Crippen LogP contribution < -0.4 is 10.1 Å². The summed E-state index contributed by atoms with van der Waals surface area (Å²) in [5.74, 6) is 1.59. The molecule has 0 bridgehead atoms. The smallest absolute Gasteiger partial charge is 0.143 e. The Morgan fingerprint density at radius 3 is 2.89 bits per heavy atom. The largest absolute Gasteiger partial charge is 0.495 e. The molecule has 1 atom stereocenters. The van der Waals surface area contributed by atoms with Gasteiger partial charge in [-0.15, -0.1) is 0 Å². The average molecular weight is 258 g/mol. The second kappa shape index (κ2) is 4.89. The first-order chi connectivity index (χ1) is 9.22. The van der Waals surface area contributed by atoms with E-state index in [1.54, 1.807) is 7.11 Å². The molecular weight excluding hydrogens is 236 g/mol. The van der Waals surface area contributed by atoms with Gasteiger partial charge in [-0.3, -0.25) is 0 Å². The van der Waals surface area contributed by atoms with Crippen molar-refractivity contribution in [1.82, 2.24) is 9.88 Å². The third kappa shape index (κ3) is 2.02. The van der Waals surface area contributed by atoms with E-state index in [0.29, 0.717) is 5.92 Å². The Hall–Kier alpha value is -1.48. The number of rotatable bonds is 2. The maximum atomic E-state index is 5.53. The third-order valence-corrected chi connectivity index (χ3v) is 4.35. The molecule has 102 valence electrons.